The van der Waals surface area contributed by atoms with Crippen LogP contribution in [0.2, 0.25) is 0 Å². The summed E-state index contributed by atoms with van der Waals surface area (Å²) in [5.41, 5.74) is 0.0154. The van der Waals surface area contributed by atoms with Crippen LogP contribution in [-0.4, -0.2) is 26.0 Å². The standard InChI is InChI=1S/C12H13F2NO4S/c1-6-2-3-9(13)11(10(6)14)20(18,19)15-5-7-4-8(7)12(16)17/h2-3,7-8,15H,4-5H2,1H3,(H,16,17)/t7-,8+/m0/s1. The second-order valence-corrected chi connectivity index (χ2v) is 6.50. The van der Waals surface area contributed by atoms with Crippen LogP contribution in [0.25, 0.3) is 0 Å². The Labute approximate surface area is 114 Å². The minimum Gasteiger partial charge on any atom is -0.481 e. The fraction of sp³-hybridized carbons (Fsp3) is 0.417. The number of aliphatic carboxylic acids is 1. The molecule has 0 unspecified atom stereocenters. The predicted octanol–water partition coefficient (Wildman–Crippen LogP) is 1.27. The summed E-state index contributed by atoms with van der Waals surface area (Å²) in [7, 11) is -4.34. The van der Waals surface area contributed by atoms with Crippen LogP contribution in [0.5, 0.6) is 0 Å². The monoisotopic (exact) mass is 305 g/mol. The molecule has 2 N–H and O–H groups in total. The number of sulfonamides is 1. The Morgan fingerprint density at radius 1 is 1.45 bits per heavy atom. The van der Waals surface area contributed by atoms with Gasteiger partial charge in [0, 0.05) is 6.54 Å². The first kappa shape index (κ1) is 14.9. The Kier molecular flexibility index (Phi) is 3.79. The Morgan fingerprint density at radius 2 is 2.10 bits per heavy atom. The molecule has 0 aliphatic heterocycles. The predicted molar refractivity (Wildman–Crippen MR) is 65.5 cm³/mol. The van der Waals surface area contributed by atoms with Crippen molar-refractivity contribution in [3.05, 3.63) is 29.3 Å². The molecule has 110 valence electrons. The van der Waals surface area contributed by atoms with Gasteiger partial charge in [0.1, 0.15) is 11.6 Å². The van der Waals surface area contributed by atoms with Gasteiger partial charge in [0.25, 0.3) is 0 Å². The summed E-state index contributed by atoms with van der Waals surface area (Å²) >= 11 is 0. The van der Waals surface area contributed by atoms with Crippen molar-refractivity contribution in [2.45, 2.75) is 18.2 Å². The second kappa shape index (κ2) is 5.10. The number of hydrogen-bond acceptors (Lipinski definition) is 3. The molecule has 0 amide bonds. The molecular formula is C12H13F2NO4S. The highest BCUT2D eigenvalue weighted by molar-refractivity contribution is 7.89. The van der Waals surface area contributed by atoms with Gasteiger partial charge in [0.2, 0.25) is 10.0 Å². The average Bonchev–Trinajstić information content (AvgIpc) is 3.11. The molecule has 20 heavy (non-hydrogen) atoms. The lowest BCUT2D eigenvalue weighted by Gasteiger charge is -2.09. The van der Waals surface area contributed by atoms with Gasteiger partial charge < -0.3 is 5.11 Å². The van der Waals surface area contributed by atoms with Crippen molar-refractivity contribution in [1.29, 1.82) is 0 Å². The number of carboxylic acid groups (broad SMARTS) is 1. The van der Waals surface area contributed by atoms with Gasteiger partial charge in [-0.3, -0.25) is 4.79 Å². The smallest absolute Gasteiger partial charge is 0.306 e. The highest BCUT2D eigenvalue weighted by atomic mass is 32.2. The fourth-order valence-corrected chi connectivity index (χ4v) is 3.24. The molecule has 2 rings (SSSR count). The molecule has 0 aromatic heterocycles. The molecule has 0 spiro atoms. The third-order valence-corrected chi connectivity index (χ3v) is 4.74. The maximum Gasteiger partial charge on any atom is 0.306 e. The summed E-state index contributed by atoms with van der Waals surface area (Å²) in [6.07, 6.45) is 0.358. The zero-order valence-electron chi connectivity index (χ0n) is 10.6. The zero-order valence-corrected chi connectivity index (χ0v) is 11.4. The van der Waals surface area contributed by atoms with Crippen molar-refractivity contribution in [2.75, 3.05) is 6.54 Å². The summed E-state index contributed by atoms with van der Waals surface area (Å²) in [6, 6.07) is 2.02. The molecule has 0 bridgehead atoms. The minimum atomic E-state index is -4.34. The molecule has 1 aromatic carbocycles. The van der Waals surface area contributed by atoms with E-state index >= 15 is 0 Å². The summed E-state index contributed by atoms with van der Waals surface area (Å²) in [6.45, 7) is 1.18. The van der Waals surface area contributed by atoms with Gasteiger partial charge in [-0.25, -0.2) is 21.9 Å². The Morgan fingerprint density at radius 3 is 2.65 bits per heavy atom. The van der Waals surface area contributed by atoms with E-state index in [1.54, 1.807) is 0 Å². The topological polar surface area (TPSA) is 83.5 Å². The largest absolute Gasteiger partial charge is 0.481 e. The number of halogens is 2. The third-order valence-electron chi connectivity index (χ3n) is 3.29. The van der Waals surface area contributed by atoms with E-state index < -0.39 is 38.4 Å². The maximum atomic E-state index is 13.7. The summed E-state index contributed by atoms with van der Waals surface area (Å²) in [5.74, 6) is -4.24. The maximum absolute atomic E-state index is 13.7. The van der Waals surface area contributed by atoms with Crippen LogP contribution in [0.4, 0.5) is 8.78 Å². The molecule has 0 radical (unpaired) electrons. The van der Waals surface area contributed by atoms with Crippen molar-refractivity contribution < 1.29 is 27.1 Å². The Hall–Kier alpha value is -1.54. The van der Waals surface area contributed by atoms with Crippen LogP contribution in [0, 0.1) is 30.4 Å². The summed E-state index contributed by atoms with van der Waals surface area (Å²) < 4.78 is 53.1. The van der Waals surface area contributed by atoms with E-state index in [1.165, 1.54) is 6.92 Å². The normalized spacial score (nSPS) is 21.8. The van der Waals surface area contributed by atoms with Crippen LogP contribution in [-0.2, 0) is 14.8 Å². The first-order valence-electron chi connectivity index (χ1n) is 5.91. The van der Waals surface area contributed by atoms with Gasteiger partial charge in [-0.2, -0.15) is 0 Å². The van der Waals surface area contributed by atoms with E-state index in [-0.39, 0.29) is 18.0 Å². The van der Waals surface area contributed by atoms with Crippen molar-refractivity contribution >= 4 is 16.0 Å². The molecule has 1 aliphatic rings. The fourth-order valence-electron chi connectivity index (χ4n) is 1.94. The number of benzene rings is 1. The molecule has 0 saturated heterocycles. The van der Waals surface area contributed by atoms with E-state index in [0.717, 1.165) is 12.1 Å². The second-order valence-electron chi connectivity index (χ2n) is 4.80. The Bertz CT molecular complexity index is 660. The molecule has 1 aromatic rings. The van der Waals surface area contributed by atoms with E-state index in [0.29, 0.717) is 6.42 Å². The SMILES string of the molecule is Cc1ccc(F)c(S(=O)(=O)NC[C@@H]2C[C@H]2C(=O)O)c1F. The van der Waals surface area contributed by atoms with Gasteiger partial charge in [-0.1, -0.05) is 6.07 Å². The van der Waals surface area contributed by atoms with E-state index in [2.05, 4.69) is 4.72 Å². The van der Waals surface area contributed by atoms with Crippen molar-refractivity contribution in [3.8, 4) is 0 Å². The van der Waals surface area contributed by atoms with Crippen LogP contribution < -0.4 is 4.72 Å². The molecule has 2 atom stereocenters. The molecule has 0 heterocycles. The lowest BCUT2D eigenvalue weighted by molar-refractivity contribution is -0.138. The van der Waals surface area contributed by atoms with Gasteiger partial charge in [0.15, 0.2) is 4.90 Å². The highest BCUT2D eigenvalue weighted by Crippen LogP contribution is 2.38. The average molecular weight is 305 g/mol. The van der Waals surface area contributed by atoms with Gasteiger partial charge in [-0.05, 0) is 30.9 Å². The lowest BCUT2D eigenvalue weighted by atomic mass is 10.2. The summed E-state index contributed by atoms with van der Waals surface area (Å²) in [5, 5.41) is 8.70. The van der Waals surface area contributed by atoms with Crippen LogP contribution >= 0.6 is 0 Å². The Balaban J connectivity index is 2.16. The number of carboxylic acids is 1. The first-order valence-corrected chi connectivity index (χ1v) is 7.39. The molecule has 5 nitrogen and oxygen atoms in total. The summed E-state index contributed by atoms with van der Waals surface area (Å²) in [4.78, 5) is 9.60. The molecule has 1 fully saturated rings. The number of aryl methyl sites for hydroxylation is 1. The third kappa shape index (κ3) is 2.80. The van der Waals surface area contributed by atoms with Gasteiger partial charge >= 0.3 is 5.97 Å². The van der Waals surface area contributed by atoms with Crippen LogP contribution in [0.15, 0.2) is 17.0 Å². The van der Waals surface area contributed by atoms with Crippen LogP contribution in [0.3, 0.4) is 0 Å². The van der Waals surface area contributed by atoms with Crippen LogP contribution in [0.1, 0.15) is 12.0 Å². The number of nitrogens with one attached hydrogen (secondary N) is 1. The zero-order chi connectivity index (χ0) is 15.1. The molecule has 1 aliphatic carbocycles. The van der Waals surface area contributed by atoms with E-state index in [4.69, 9.17) is 5.11 Å². The van der Waals surface area contributed by atoms with E-state index in [1.807, 2.05) is 0 Å². The molecule has 1 saturated carbocycles. The van der Waals surface area contributed by atoms with Gasteiger partial charge in [0.05, 0.1) is 5.92 Å². The quantitative estimate of drug-likeness (QED) is 0.858. The van der Waals surface area contributed by atoms with Crippen molar-refractivity contribution in [3.63, 3.8) is 0 Å². The molecule has 8 heteroatoms. The van der Waals surface area contributed by atoms with Crippen molar-refractivity contribution in [2.24, 2.45) is 11.8 Å². The van der Waals surface area contributed by atoms with Gasteiger partial charge in [-0.15, -0.1) is 0 Å². The first-order chi connectivity index (χ1) is 9.24. The minimum absolute atomic E-state index is 0.0154. The number of carbonyl (C=O) groups is 1. The lowest BCUT2D eigenvalue weighted by Crippen LogP contribution is -2.28. The van der Waals surface area contributed by atoms with Crippen molar-refractivity contribution in [1.82, 2.24) is 4.72 Å². The highest BCUT2D eigenvalue weighted by Gasteiger charge is 2.43. The molecular weight excluding hydrogens is 292 g/mol. The van der Waals surface area contributed by atoms with E-state index in [9.17, 15) is 22.0 Å². The number of rotatable bonds is 5. The number of hydrogen-bond donors (Lipinski definition) is 2.